The van der Waals surface area contributed by atoms with Crippen LogP contribution < -0.4 is 4.90 Å². The van der Waals surface area contributed by atoms with Gasteiger partial charge in [0.15, 0.2) is 6.29 Å². The second kappa shape index (κ2) is 6.28. The van der Waals surface area contributed by atoms with Crippen LogP contribution >= 0.6 is 15.9 Å². The van der Waals surface area contributed by atoms with E-state index < -0.39 is 0 Å². The second-order valence-electron chi connectivity index (χ2n) is 3.30. The Morgan fingerprint density at radius 1 is 1.25 bits per heavy atom. The molecule has 0 heterocycles. The highest BCUT2D eigenvalue weighted by molar-refractivity contribution is 9.10. The standard InChI is InChI=1S/C13H14BrNO/c1-3-7-15(8-4-2)13-9-12(14)6-5-11(13)10-16/h3-6,9-10H,1-2,7-8H2. The van der Waals surface area contributed by atoms with Gasteiger partial charge >= 0.3 is 0 Å². The van der Waals surface area contributed by atoms with Gasteiger partial charge in [0, 0.05) is 28.8 Å². The van der Waals surface area contributed by atoms with Crippen molar-refractivity contribution in [3.05, 3.63) is 53.5 Å². The Morgan fingerprint density at radius 2 is 1.88 bits per heavy atom. The Labute approximate surface area is 104 Å². The average molecular weight is 280 g/mol. The third kappa shape index (κ3) is 3.07. The highest BCUT2D eigenvalue weighted by Gasteiger charge is 2.08. The van der Waals surface area contributed by atoms with Crippen LogP contribution in [0.3, 0.4) is 0 Å². The fraction of sp³-hybridized carbons (Fsp3) is 0.154. The molecule has 0 aromatic heterocycles. The van der Waals surface area contributed by atoms with Crippen molar-refractivity contribution in [2.75, 3.05) is 18.0 Å². The summed E-state index contributed by atoms with van der Waals surface area (Å²) in [5.74, 6) is 0. The minimum absolute atomic E-state index is 0.673. The van der Waals surface area contributed by atoms with E-state index in [0.717, 1.165) is 16.4 Å². The number of halogens is 1. The molecule has 0 saturated carbocycles. The molecule has 0 unspecified atom stereocenters. The Bertz CT molecular complexity index is 391. The van der Waals surface area contributed by atoms with Crippen molar-refractivity contribution >= 4 is 27.9 Å². The van der Waals surface area contributed by atoms with Gasteiger partial charge in [-0.1, -0.05) is 28.1 Å². The summed E-state index contributed by atoms with van der Waals surface area (Å²) < 4.78 is 0.950. The van der Waals surface area contributed by atoms with Gasteiger partial charge in [-0.15, -0.1) is 13.2 Å². The zero-order valence-corrected chi connectivity index (χ0v) is 10.6. The van der Waals surface area contributed by atoms with E-state index >= 15 is 0 Å². The van der Waals surface area contributed by atoms with Crippen molar-refractivity contribution in [2.24, 2.45) is 0 Å². The maximum absolute atomic E-state index is 11.0. The minimum atomic E-state index is 0.673. The van der Waals surface area contributed by atoms with E-state index in [1.807, 2.05) is 17.0 Å². The van der Waals surface area contributed by atoms with Crippen molar-refractivity contribution < 1.29 is 4.79 Å². The number of benzene rings is 1. The molecular weight excluding hydrogens is 266 g/mol. The number of rotatable bonds is 6. The summed E-state index contributed by atoms with van der Waals surface area (Å²) in [5, 5.41) is 0. The molecule has 0 amide bonds. The van der Waals surface area contributed by atoms with Crippen LogP contribution in [0.2, 0.25) is 0 Å². The van der Waals surface area contributed by atoms with Crippen LogP contribution in [-0.2, 0) is 0 Å². The van der Waals surface area contributed by atoms with E-state index in [-0.39, 0.29) is 0 Å². The third-order valence-corrected chi connectivity index (χ3v) is 2.65. The number of anilines is 1. The maximum Gasteiger partial charge on any atom is 0.152 e. The smallest absolute Gasteiger partial charge is 0.152 e. The maximum atomic E-state index is 11.0. The first-order valence-electron chi connectivity index (χ1n) is 4.94. The average Bonchev–Trinajstić information content (AvgIpc) is 2.29. The van der Waals surface area contributed by atoms with Crippen LogP contribution in [-0.4, -0.2) is 19.4 Å². The molecule has 16 heavy (non-hydrogen) atoms. The summed E-state index contributed by atoms with van der Waals surface area (Å²) in [5.41, 5.74) is 1.57. The van der Waals surface area contributed by atoms with Gasteiger partial charge in [0.25, 0.3) is 0 Å². The molecule has 0 aliphatic carbocycles. The molecule has 1 rings (SSSR count). The first-order chi connectivity index (χ1) is 7.72. The Kier molecular flexibility index (Phi) is 4.99. The third-order valence-electron chi connectivity index (χ3n) is 2.16. The van der Waals surface area contributed by atoms with Gasteiger partial charge in [-0.05, 0) is 18.2 Å². The van der Waals surface area contributed by atoms with Crippen LogP contribution in [0, 0.1) is 0 Å². The first-order valence-corrected chi connectivity index (χ1v) is 5.73. The number of aldehydes is 1. The molecule has 3 heteroatoms. The number of hydrogen-bond acceptors (Lipinski definition) is 2. The molecule has 1 aromatic carbocycles. The van der Waals surface area contributed by atoms with Gasteiger partial charge in [-0.2, -0.15) is 0 Å². The quantitative estimate of drug-likeness (QED) is 0.587. The molecule has 0 spiro atoms. The number of hydrogen-bond donors (Lipinski definition) is 0. The molecular formula is C13H14BrNO. The lowest BCUT2D eigenvalue weighted by atomic mass is 10.1. The topological polar surface area (TPSA) is 20.3 Å². The van der Waals surface area contributed by atoms with Crippen molar-refractivity contribution in [1.29, 1.82) is 0 Å². The monoisotopic (exact) mass is 279 g/mol. The van der Waals surface area contributed by atoms with E-state index in [0.29, 0.717) is 18.7 Å². The van der Waals surface area contributed by atoms with Crippen LogP contribution in [0.4, 0.5) is 5.69 Å². The van der Waals surface area contributed by atoms with Gasteiger partial charge in [-0.25, -0.2) is 0 Å². The molecule has 0 N–H and O–H groups in total. The van der Waals surface area contributed by atoms with Gasteiger partial charge < -0.3 is 4.90 Å². The number of carbonyl (C=O) groups is 1. The molecule has 0 saturated heterocycles. The zero-order chi connectivity index (χ0) is 12.0. The van der Waals surface area contributed by atoms with E-state index in [9.17, 15) is 4.79 Å². The Hall–Kier alpha value is -1.35. The van der Waals surface area contributed by atoms with Gasteiger partial charge in [0.2, 0.25) is 0 Å². The lowest BCUT2D eigenvalue weighted by Gasteiger charge is -2.23. The molecule has 1 aromatic rings. The fourth-order valence-corrected chi connectivity index (χ4v) is 1.82. The van der Waals surface area contributed by atoms with Crippen LogP contribution in [0.25, 0.3) is 0 Å². The van der Waals surface area contributed by atoms with Gasteiger partial charge in [0.1, 0.15) is 0 Å². The van der Waals surface area contributed by atoms with Crippen molar-refractivity contribution in [3.63, 3.8) is 0 Å². The van der Waals surface area contributed by atoms with E-state index in [1.54, 1.807) is 18.2 Å². The number of nitrogens with zero attached hydrogens (tertiary/aromatic N) is 1. The van der Waals surface area contributed by atoms with Crippen molar-refractivity contribution in [1.82, 2.24) is 0 Å². The van der Waals surface area contributed by atoms with E-state index in [2.05, 4.69) is 29.1 Å². The molecule has 0 atom stereocenters. The molecule has 0 bridgehead atoms. The summed E-state index contributed by atoms with van der Waals surface area (Å²) in [6.07, 6.45) is 4.47. The highest BCUT2D eigenvalue weighted by Crippen LogP contribution is 2.24. The highest BCUT2D eigenvalue weighted by atomic mass is 79.9. The van der Waals surface area contributed by atoms with Crippen molar-refractivity contribution in [3.8, 4) is 0 Å². The lowest BCUT2D eigenvalue weighted by molar-refractivity contribution is 0.112. The van der Waals surface area contributed by atoms with Crippen LogP contribution in [0.15, 0.2) is 48.0 Å². The van der Waals surface area contributed by atoms with Gasteiger partial charge in [0.05, 0.1) is 0 Å². The molecule has 0 fully saturated rings. The molecule has 0 aliphatic rings. The summed E-state index contributed by atoms with van der Waals surface area (Å²) in [7, 11) is 0. The van der Waals surface area contributed by atoms with Gasteiger partial charge in [-0.3, -0.25) is 4.79 Å². The summed E-state index contributed by atoms with van der Waals surface area (Å²) in [6.45, 7) is 8.79. The van der Waals surface area contributed by atoms with Crippen LogP contribution in [0.5, 0.6) is 0 Å². The van der Waals surface area contributed by atoms with E-state index in [1.165, 1.54) is 0 Å². The van der Waals surface area contributed by atoms with Crippen molar-refractivity contribution in [2.45, 2.75) is 0 Å². The summed E-state index contributed by atoms with van der Waals surface area (Å²) in [4.78, 5) is 13.0. The minimum Gasteiger partial charge on any atom is -0.363 e. The Morgan fingerprint density at radius 3 is 2.38 bits per heavy atom. The molecule has 84 valence electrons. The fourth-order valence-electron chi connectivity index (χ4n) is 1.47. The largest absolute Gasteiger partial charge is 0.363 e. The molecule has 2 nitrogen and oxygen atoms in total. The molecule has 0 aliphatic heterocycles. The summed E-state index contributed by atoms with van der Waals surface area (Å²) >= 11 is 3.40. The van der Waals surface area contributed by atoms with E-state index in [4.69, 9.17) is 0 Å². The first kappa shape index (κ1) is 12.7. The van der Waals surface area contributed by atoms with Crippen LogP contribution in [0.1, 0.15) is 10.4 Å². The summed E-state index contributed by atoms with van der Waals surface area (Å²) in [6, 6.07) is 5.58. The zero-order valence-electron chi connectivity index (χ0n) is 9.03. The predicted octanol–water partition coefficient (Wildman–Crippen LogP) is 3.44. The lowest BCUT2D eigenvalue weighted by Crippen LogP contribution is -2.24. The normalized spacial score (nSPS) is 9.56. The number of carbonyl (C=O) groups excluding carboxylic acids is 1. The SMILES string of the molecule is C=CCN(CC=C)c1cc(Br)ccc1C=O. The second-order valence-corrected chi connectivity index (χ2v) is 4.22. The molecule has 0 radical (unpaired) electrons. The predicted molar refractivity (Wildman–Crippen MR) is 72.1 cm³/mol. The Balaban J connectivity index is 3.13.